The van der Waals surface area contributed by atoms with Crippen molar-refractivity contribution in [2.45, 2.75) is 58.2 Å². The molecule has 5 rings (SSSR count). The Labute approximate surface area is 188 Å². The van der Waals surface area contributed by atoms with Gasteiger partial charge in [-0.2, -0.15) is 0 Å². The third kappa shape index (κ3) is 4.28. The molecule has 3 N–H and O–H groups in total. The Morgan fingerprint density at radius 2 is 1.81 bits per heavy atom. The van der Waals surface area contributed by atoms with Crippen molar-refractivity contribution in [1.82, 2.24) is 15.3 Å². The van der Waals surface area contributed by atoms with E-state index in [1.807, 2.05) is 26.0 Å². The van der Waals surface area contributed by atoms with Gasteiger partial charge in [-0.05, 0) is 44.0 Å². The molecule has 2 fully saturated rings. The number of rotatable bonds is 3. The zero-order valence-electron chi connectivity index (χ0n) is 19.0. The van der Waals surface area contributed by atoms with Crippen LogP contribution in [0.3, 0.4) is 0 Å². The molecule has 3 aliphatic rings. The predicted octanol–water partition coefficient (Wildman–Crippen LogP) is 2.98. The number of hydrogen-bond donors (Lipinski definition) is 3. The van der Waals surface area contributed by atoms with E-state index in [0.717, 1.165) is 42.9 Å². The number of fused-ring (bicyclic) bond motifs is 3. The number of urea groups is 1. The predicted molar refractivity (Wildman–Crippen MR) is 121 cm³/mol. The van der Waals surface area contributed by atoms with Gasteiger partial charge < -0.3 is 30.1 Å². The average Bonchev–Trinajstić information content (AvgIpc) is 3.32. The molecule has 0 aliphatic carbocycles. The van der Waals surface area contributed by atoms with Crippen molar-refractivity contribution in [3.8, 4) is 11.4 Å². The lowest BCUT2D eigenvalue weighted by Crippen LogP contribution is -2.43. The van der Waals surface area contributed by atoms with Crippen LogP contribution in [0.5, 0.6) is 0 Å². The number of ether oxygens (including phenoxy) is 2. The van der Waals surface area contributed by atoms with Crippen LogP contribution in [0.2, 0.25) is 0 Å². The minimum absolute atomic E-state index is 0.218. The number of aliphatic hydroxyl groups is 1. The zero-order chi connectivity index (χ0) is 22.9. The second-order valence-electron chi connectivity index (χ2n) is 8.11. The molecule has 32 heavy (non-hydrogen) atoms. The number of nitrogens with one attached hydrogen (secondary N) is 2. The highest BCUT2D eigenvalue weighted by Gasteiger charge is 2.41. The van der Waals surface area contributed by atoms with E-state index in [9.17, 15) is 9.90 Å². The largest absolute Gasteiger partial charge is 0.371 e. The molecule has 1 aromatic carbocycles. The van der Waals surface area contributed by atoms with E-state index < -0.39 is 5.79 Å². The summed E-state index contributed by atoms with van der Waals surface area (Å²) in [5, 5.41) is 16.0. The Bertz CT molecular complexity index is 967. The number of anilines is 2. The molecule has 3 aliphatic heterocycles. The first-order valence-corrected chi connectivity index (χ1v) is 11.2. The highest BCUT2D eigenvalue weighted by Crippen LogP contribution is 2.40. The fraction of sp³-hybridized carbons (Fsp3) is 0.522. The number of aromatic nitrogens is 2. The molecule has 2 amide bonds. The molecule has 172 valence electrons. The SMILES string of the molecule is CC.CNC(=O)Nc1ccc(-c2nc(N3CC4CCC(C3)O4)c3c(n2)C(C)(O)OC3)cc1. The van der Waals surface area contributed by atoms with Crippen LogP contribution in [0.4, 0.5) is 16.3 Å². The number of nitrogens with zero attached hydrogens (tertiary/aromatic N) is 3. The van der Waals surface area contributed by atoms with E-state index in [-0.39, 0.29) is 24.8 Å². The van der Waals surface area contributed by atoms with Gasteiger partial charge in [-0.3, -0.25) is 0 Å². The summed E-state index contributed by atoms with van der Waals surface area (Å²) < 4.78 is 11.6. The number of amides is 2. The molecule has 0 saturated carbocycles. The molecule has 3 unspecified atom stereocenters. The average molecular weight is 442 g/mol. The summed E-state index contributed by atoms with van der Waals surface area (Å²) in [6.45, 7) is 7.44. The molecule has 0 radical (unpaired) electrons. The number of benzene rings is 1. The lowest BCUT2D eigenvalue weighted by Gasteiger charge is -2.34. The Balaban J connectivity index is 0.00000119. The summed E-state index contributed by atoms with van der Waals surface area (Å²) >= 11 is 0. The van der Waals surface area contributed by atoms with Crippen LogP contribution >= 0.6 is 0 Å². The van der Waals surface area contributed by atoms with Crippen molar-refractivity contribution in [1.29, 1.82) is 0 Å². The van der Waals surface area contributed by atoms with Gasteiger partial charge in [0.1, 0.15) is 11.5 Å². The highest BCUT2D eigenvalue weighted by atomic mass is 16.6. The van der Waals surface area contributed by atoms with Crippen LogP contribution in [0.15, 0.2) is 24.3 Å². The van der Waals surface area contributed by atoms with E-state index in [1.165, 1.54) is 0 Å². The van der Waals surface area contributed by atoms with Crippen LogP contribution in [0, 0.1) is 0 Å². The summed E-state index contributed by atoms with van der Waals surface area (Å²) in [5.74, 6) is -0.131. The maximum Gasteiger partial charge on any atom is 0.318 e. The Kier molecular flexibility index (Phi) is 6.32. The molecule has 0 spiro atoms. The van der Waals surface area contributed by atoms with Crippen molar-refractivity contribution >= 4 is 17.5 Å². The lowest BCUT2D eigenvalue weighted by atomic mass is 10.1. The molecule has 2 aromatic rings. The summed E-state index contributed by atoms with van der Waals surface area (Å²) in [6, 6.07) is 7.01. The second kappa shape index (κ2) is 9.01. The van der Waals surface area contributed by atoms with Crippen LogP contribution in [-0.2, 0) is 21.9 Å². The molecule has 9 heteroatoms. The molecule has 3 atom stereocenters. The molecule has 4 heterocycles. The number of carbonyl (C=O) groups excluding carboxylic acids is 1. The van der Waals surface area contributed by atoms with Gasteiger partial charge in [0.25, 0.3) is 0 Å². The quantitative estimate of drug-likeness (QED) is 0.672. The van der Waals surface area contributed by atoms with E-state index in [1.54, 1.807) is 26.1 Å². The fourth-order valence-electron chi connectivity index (χ4n) is 4.34. The minimum Gasteiger partial charge on any atom is -0.371 e. The Morgan fingerprint density at radius 3 is 2.44 bits per heavy atom. The zero-order valence-corrected chi connectivity index (χ0v) is 19.0. The van der Waals surface area contributed by atoms with Crippen molar-refractivity contribution in [2.24, 2.45) is 0 Å². The first-order chi connectivity index (χ1) is 15.4. The summed E-state index contributed by atoms with van der Waals surface area (Å²) in [6.07, 6.45) is 2.57. The molecule has 2 bridgehead atoms. The van der Waals surface area contributed by atoms with E-state index in [4.69, 9.17) is 14.5 Å². The lowest BCUT2D eigenvalue weighted by molar-refractivity contribution is -0.190. The molecule has 1 aromatic heterocycles. The third-order valence-corrected chi connectivity index (χ3v) is 5.89. The number of morpholine rings is 1. The molecular formula is C23H31N5O4. The van der Waals surface area contributed by atoms with Gasteiger partial charge >= 0.3 is 6.03 Å². The third-order valence-electron chi connectivity index (χ3n) is 5.89. The van der Waals surface area contributed by atoms with Crippen LogP contribution in [0.1, 0.15) is 44.9 Å². The van der Waals surface area contributed by atoms with Gasteiger partial charge in [0.15, 0.2) is 5.82 Å². The summed E-state index contributed by atoms with van der Waals surface area (Å²) in [5.41, 5.74) is 2.80. The highest BCUT2D eigenvalue weighted by molar-refractivity contribution is 5.89. The van der Waals surface area contributed by atoms with Crippen molar-refractivity contribution in [2.75, 3.05) is 30.4 Å². The van der Waals surface area contributed by atoms with Gasteiger partial charge in [0, 0.05) is 37.0 Å². The Morgan fingerprint density at radius 1 is 1.16 bits per heavy atom. The normalized spacial score (nSPS) is 25.6. The van der Waals surface area contributed by atoms with Crippen molar-refractivity contribution in [3.05, 3.63) is 35.5 Å². The van der Waals surface area contributed by atoms with Crippen LogP contribution in [-0.4, -0.2) is 53.5 Å². The second-order valence-corrected chi connectivity index (χ2v) is 8.11. The molecule has 9 nitrogen and oxygen atoms in total. The topological polar surface area (TPSA) is 109 Å². The van der Waals surface area contributed by atoms with E-state index >= 15 is 0 Å². The van der Waals surface area contributed by atoms with Crippen molar-refractivity contribution < 1.29 is 19.4 Å². The van der Waals surface area contributed by atoms with Gasteiger partial charge in [-0.15, -0.1) is 0 Å². The first kappa shape index (κ1) is 22.4. The first-order valence-electron chi connectivity index (χ1n) is 11.2. The van der Waals surface area contributed by atoms with Crippen molar-refractivity contribution in [3.63, 3.8) is 0 Å². The monoisotopic (exact) mass is 441 g/mol. The molecular weight excluding hydrogens is 410 g/mol. The van der Waals surface area contributed by atoms with Gasteiger partial charge in [0.05, 0.1) is 18.8 Å². The van der Waals surface area contributed by atoms with Crippen LogP contribution in [0.25, 0.3) is 11.4 Å². The minimum atomic E-state index is -1.45. The standard InChI is InChI=1S/C21H25N5O4.C2H6/c1-21(28)17-16(11-29-21)19(26-9-14-7-8-15(10-26)30-14)25-18(24-17)12-3-5-13(6-4-12)23-20(27)22-2;1-2/h3-6,14-15,28H,7-11H2,1-2H3,(H2,22,23,27);1-2H3. The maximum absolute atomic E-state index is 11.5. The van der Waals surface area contributed by atoms with E-state index in [0.29, 0.717) is 17.2 Å². The van der Waals surface area contributed by atoms with Gasteiger partial charge in [-0.1, -0.05) is 13.8 Å². The van der Waals surface area contributed by atoms with Crippen LogP contribution < -0.4 is 15.5 Å². The maximum atomic E-state index is 11.5. The Hall–Kier alpha value is -2.75. The van der Waals surface area contributed by atoms with Gasteiger partial charge in [-0.25, -0.2) is 14.8 Å². The van der Waals surface area contributed by atoms with E-state index in [2.05, 4.69) is 20.5 Å². The van der Waals surface area contributed by atoms with Gasteiger partial charge in [0.2, 0.25) is 5.79 Å². The fourth-order valence-corrected chi connectivity index (χ4v) is 4.34. The molecule has 2 saturated heterocycles. The number of hydrogen-bond acceptors (Lipinski definition) is 7. The summed E-state index contributed by atoms with van der Waals surface area (Å²) in [7, 11) is 1.56. The smallest absolute Gasteiger partial charge is 0.318 e. The summed E-state index contributed by atoms with van der Waals surface area (Å²) in [4.78, 5) is 23.3. The number of carbonyl (C=O) groups is 1.